The van der Waals surface area contributed by atoms with Crippen LogP contribution in [0.1, 0.15) is 97.3 Å². The van der Waals surface area contributed by atoms with Crippen molar-refractivity contribution in [1.82, 2.24) is 0 Å². The molecule has 0 radical (unpaired) electrons. The number of rotatable bonds is 12. The standard InChI is InChI=1S/C17H34/c1-3-5-6-7-8-9-10-11-12-14-17-15-16(17)13-4-2/h16-17H,3-15H2,1-2H3. The van der Waals surface area contributed by atoms with Crippen molar-refractivity contribution >= 4 is 0 Å². The zero-order valence-electron chi connectivity index (χ0n) is 12.3. The van der Waals surface area contributed by atoms with E-state index in [1.165, 1.54) is 70.6 Å². The highest BCUT2D eigenvalue weighted by Gasteiger charge is 2.34. The average molecular weight is 238 g/mol. The smallest absolute Gasteiger partial charge is 0.0383 e. The van der Waals surface area contributed by atoms with Gasteiger partial charge in [-0.25, -0.2) is 0 Å². The highest BCUT2D eigenvalue weighted by molar-refractivity contribution is 4.85. The molecule has 1 aliphatic rings. The molecule has 0 heterocycles. The molecule has 0 N–H and O–H groups in total. The molecule has 0 aliphatic heterocycles. The Morgan fingerprint density at radius 2 is 1.12 bits per heavy atom. The van der Waals surface area contributed by atoms with E-state index in [9.17, 15) is 0 Å². The van der Waals surface area contributed by atoms with Gasteiger partial charge in [0.05, 0.1) is 0 Å². The van der Waals surface area contributed by atoms with Gasteiger partial charge in [-0.1, -0.05) is 90.9 Å². The summed E-state index contributed by atoms with van der Waals surface area (Å²) in [5.41, 5.74) is 0. The third-order valence-corrected chi connectivity index (χ3v) is 4.41. The van der Waals surface area contributed by atoms with E-state index in [1.807, 2.05) is 0 Å². The Bertz CT molecular complexity index is 161. The Balaban J connectivity index is 1.71. The number of unbranched alkanes of at least 4 members (excludes halogenated alkanes) is 8. The van der Waals surface area contributed by atoms with Gasteiger partial charge in [-0.05, 0) is 18.3 Å². The van der Waals surface area contributed by atoms with Gasteiger partial charge in [0.15, 0.2) is 0 Å². The van der Waals surface area contributed by atoms with Crippen LogP contribution in [0.4, 0.5) is 0 Å². The monoisotopic (exact) mass is 238 g/mol. The lowest BCUT2D eigenvalue weighted by atomic mass is 10.0. The van der Waals surface area contributed by atoms with Gasteiger partial charge in [-0.3, -0.25) is 0 Å². The first-order chi connectivity index (χ1) is 8.38. The van der Waals surface area contributed by atoms with Crippen LogP contribution in [0, 0.1) is 11.8 Å². The Kier molecular flexibility index (Phi) is 8.83. The fourth-order valence-electron chi connectivity index (χ4n) is 3.11. The van der Waals surface area contributed by atoms with Gasteiger partial charge in [0.25, 0.3) is 0 Å². The van der Waals surface area contributed by atoms with Gasteiger partial charge in [0, 0.05) is 0 Å². The first-order valence-electron chi connectivity index (χ1n) is 8.38. The zero-order chi connectivity index (χ0) is 12.3. The first kappa shape index (κ1) is 15.1. The van der Waals surface area contributed by atoms with Crippen molar-refractivity contribution in [3.63, 3.8) is 0 Å². The van der Waals surface area contributed by atoms with Crippen LogP contribution in [-0.4, -0.2) is 0 Å². The average Bonchev–Trinajstić information content (AvgIpc) is 3.06. The molecule has 1 rings (SSSR count). The van der Waals surface area contributed by atoms with E-state index in [0.29, 0.717) is 0 Å². The van der Waals surface area contributed by atoms with Crippen LogP contribution in [0.2, 0.25) is 0 Å². The van der Waals surface area contributed by atoms with Crippen molar-refractivity contribution in [2.45, 2.75) is 97.3 Å². The van der Waals surface area contributed by atoms with E-state index < -0.39 is 0 Å². The summed E-state index contributed by atoms with van der Waals surface area (Å²) in [7, 11) is 0. The topological polar surface area (TPSA) is 0 Å². The molecule has 0 aromatic heterocycles. The summed E-state index contributed by atoms with van der Waals surface area (Å²) < 4.78 is 0. The quantitative estimate of drug-likeness (QED) is 0.348. The van der Waals surface area contributed by atoms with E-state index in [2.05, 4.69) is 13.8 Å². The van der Waals surface area contributed by atoms with Crippen LogP contribution in [0.15, 0.2) is 0 Å². The van der Waals surface area contributed by atoms with Crippen LogP contribution in [0.25, 0.3) is 0 Å². The molecule has 0 aromatic rings. The van der Waals surface area contributed by atoms with Crippen molar-refractivity contribution < 1.29 is 0 Å². The van der Waals surface area contributed by atoms with Crippen LogP contribution in [-0.2, 0) is 0 Å². The Morgan fingerprint density at radius 3 is 1.71 bits per heavy atom. The van der Waals surface area contributed by atoms with Gasteiger partial charge in [-0.15, -0.1) is 0 Å². The minimum atomic E-state index is 1.13. The van der Waals surface area contributed by atoms with Gasteiger partial charge in [0.2, 0.25) is 0 Å². The van der Waals surface area contributed by atoms with E-state index in [-0.39, 0.29) is 0 Å². The van der Waals surface area contributed by atoms with Crippen molar-refractivity contribution in [3.05, 3.63) is 0 Å². The molecule has 0 heteroatoms. The normalized spacial score (nSPS) is 22.9. The first-order valence-corrected chi connectivity index (χ1v) is 8.38. The Hall–Kier alpha value is 0. The number of hydrogen-bond donors (Lipinski definition) is 0. The SMILES string of the molecule is CCCCCCCCCCCC1CC1CCC. The molecule has 2 unspecified atom stereocenters. The Morgan fingerprint density at radius 1 is 0.588 bits per heavy atom. The molecule has 102 valence electrons. The summed E-state index contributed by atoms with van der Waals surface area (Å²) in [4.78, 5) is 0. The minimum absolute atomic E-state index is 1.13. The van der Waals surface area contributed by atoms with Gasteiger partial charge >= 0.3 is 0 Å². The van der Waals surface area contributed by atoms with E-state index in [1.54, 1.807) is 12.8 Å². The lowest BCUT2D eigenvalue weighted by molar-refractivity contribution is 0.525. The molecule has 1 fully saturated rings. The van der Waals surface area contributed by atoms with Crippen LogP contribution in [0.3, 0.4) is 0 Å². The zero-order valence-corrected chi connectivity index (χ0v) is 12.3. The van der Waals surface area contributed by atoms with E-state index in [4.69, 9.17) is 0 Å². The van der Waals surface area contributed by atoms with Crippen LogP contribution in [0.5, 0.6) is 0 Å². The van der Waals surface area contributed by atoms with E-state index in [0.717, 1.165) is 11.8 Å². The maximum Gasteiger partial charge on any atom is -0.0383 e. The maximum absolute atomic E-state index is 2.33. The molecule has 0 amide bonds. The van der Waals surface area contributed by atoms with Crippen molar-refractivity contribution in [2.24, 2.45) is 11.8 Å². The Labute approximate surface area is 110 Å². The molecule has 0 aromatic carbocycles. The van der Waals surface area contributed by atoms with Crippen molar-refractivity contribution in [2.75, 3.05) is 0 Å². The molecule has 17 heavy (non-hydrogen) atoms. The molecule has 2 atom stereocenters. The van der Waals surface area contributed by atoms with Gasteiger partial charge < -0.3 is 0 Å². The van der Waals surface area contributed by atoms with Gasteiger partial charge in [0.1, 0.15) is 0 Å². The summed E-state index contributed by atoms with van der Waals surface area (Å²) in [5, 5.41) is 0. The second-order valence-electron chi connectivity index (χ2n) is 6.16. The predicted molar refractivity (Wildman–Crippen MR) is 78.3 cm³/mol. The van der Waals surface area contributed by atoms with E-state index >= 15 is 0 Å². The third-order valence-electron chi connectivity index (χ3n) is 4.41. The van der Waals surface area contributed by atoms with Crippen molar-refractivity contribution in [3.8, 4) is 0 Å². The maximum atomic E-state index is 2.33. The molecule has 1 saturated carbocycles. The molecule has 0 saturated heterocycles. The fourth-order valence-corrected chi connectivity index (χ4v) is 3.11. The molecular formula is C17H34. The molecule has 1 aliphatic carbocycles. The van der Waals surface area contributed by atoms with Crippen molar-refractivity contribution in [1.29, 1.82) is 0 Å². The second-order valence-corrected chi connectivity index (χ2v) is 6.16. The number of hydrogen-bond acceptors (Lipinski definition) is 0. The summed E-state index contributed by atoms with van der Waals surface area (Å²) in [5.74, 6) is 2.27. The molecule has 0 spiro atoms. The predicted octanol–water partition coefficient (Wildman–Crippen LogP) is 6.34. The molecule has 0 nitrogen and oxygen atoms in total. The van der Waals surface area contributed by atoms with Gasteiger partial charge in [-0.2, -0.15) is 0 Å². The molecular weight excluding hydrogens is 204 g/mol. The van der Waals surface area contributed by atoms with Crippen LogP contribution >= 0.6 is 0 Å². The second kappa shape index (κ2) is 9.97. The summed E-state index contributed by atoms with van der Waals surface area (Å²) in [6.07, 6.45) is 19.3. The summed E-state index contributed by atoms with van der Waals surface area (Å²) >= 11 is 0. The molecule has 0 bridgehead atoms. The lowest BCUT2D eigenvalue weighted by Gasteiger charge is -2.02. The minimum Gasteiger partial charge on any atom is -0.0654 e. The highest BCUT2D eigenvalue weighted by atomic mass is 14.4. The fraction of sp³-hybridized carbons (Fsp3) is 1.00. The lowest BCUT2D eigenvalue weighted by Crippen LogP contribution is -1.85. The van der Waals surface area contributed by atoms with Crippen LogP contribution < -0.4 is 0 Å². The largest absolute Gasteiger partial charge is 0.0654 e. The third kappa shape index (κ3) is 7.84. The summed E-state index contributed by atoms with van der Waals surface area (Å²) in [6, 6.07) is 0. The highest BCUT2D eigenvalue weighted by Crippen LogP contribution is 2.45. The summed E-state index contributed by atoms with van der Waals surface area (Å²) in [6.45, 7) is 4.62.